The molecular weight excluding hydrogens is 955 g/mol. The summed E-state index contributed by atoms with van der Waals surface area (Å²) in [7, 11) is 21.7. The van der Waals surface area contributed by atoms with Gasteiger partial charge in [0.15, 0.2) is 0 Å². The number of primary amides is 1. The van der Waals surface area contributed by atoms with Crippen LogP contribution in [0.4, 0.5) is 13.6 Å². The molecule has 1 unspecified atom stereocenters. The molecule has 3 amide bonds. The van der Waals surface area contributed by atoms with Crippen molar-refractivity contribution in [2.24, 2.45) is 17.1 Å². The van der Waals surface area contributed by atoms with Crippen molar-refractivity contribution in [2.45, 2.75) is 52.1 Å². The molecule has 0 spiro atoms. The zero-order chi connectivity index (χ0) is 37.9. The molecule has 52 heavy (non-hydrogen) atoms. The Morgan fingerprint density at radius 1 is 0.788 bits per heavy atom. The third kappa shape index (κ3) is 16.4. The Morgan fingerprint density at radius 2 is 1.31 bits per heavy atom. The lowest BCUT2D eigenvalue weighted by Gasteiger charge is -2.50. The molecule has 2 aromatic rings. The van der Waals surface area contributed by atoms with Crippen molar-refractivity contribution < 1.29 is 18.4 Å². The number of urea groups is 1. The number of nitrogens with two attached hydrogens (primary N) is 1. The molecule has 2 N–H and O–H groups in total. The molecule has 2 heterocycles. The molecule has 2 saturated heterocycles. The molecule has 2 fully saturated rings. The van der Waals surface area contributed by atoms with Crippen LogP contribution in [0, 0.1) is 23.0 Å². The third-order valence-corrected chi connectivity index (χ3v) is 34.9. The summed E-state index contributed by atoms with van der Waals surface area (Å²) in [4.78, 5) is 30.8. The molecule has 2 aliphatic heterocycles. The van der Waals surface area contributed by atoms with Crippen LogP contribution in [-0.4, -0.2) is 65.4 Å². The summed E-state index contributed by atoms with van der Waals surface area (Å²) < 4.78 is 28.8. The average Bonchev–Trinajstić information content (AvgIpc) is 3.12. The van der Waals surface area contributed by atoms with E-state index < -0.39 is 6.03 Å². The summed E-state index contributed by atoms with van der Waals surface area (Å²) in [6.07, 6.45) is 2.00. The van der Waals surface area contributed by atoms with E-state index in [-0.39, 0.29) is 41.0 Å². The highest BCUT2D eigenvalue weighted by atomic mass is 33.5. The summed E-state index contributed by atoms with van der Waals surface area (Å²) in [6.45, 7) is 9.25. The first-order valence-corrected chi connectivity index (χ1v) is 34.1. The van der Waals surface area contributed by atoms with Crippen LogP contribution in [0.3, 0.4) is 0 Å². The van der Waals surface area contributed by atoms with E-state index in [1.165, 1.54) is 36.0 Å². The fraction of sp³-hybridized carbons (Fsp3) is 0.517. The summed E-state index contributed by atoms with van der Waals surface area (Å²) >= 11 is 9.45. The number of rotatable bonds is 5. The number of hydrogen-bond donors (Lipinski definition) is 1. The summed E-state index contributed by atoms with van der Waals surface area (Å²) in [5, 5.41) is 0. The highest BCUT2D eigenvalue weighted by Crippen LogP contribution is 2.36. The molecule has 2 aromatic carbocycles. The molecule has 2 atom stereocenters. The first-order chi connectivity index (χ1) is 25.0. The number of carbonyl (C=O) groups is 2. The SMILES string of the molecule is CC(C)(C)[C@H]1CN(C(c2ccc(F)cc2)c2ccccc2F)CCN1C(=O)CC1CCN(C(N)=O)CC1.S=S=S=S=S=S=S=S=S=S=S=S=S=S=S. The first kappa shape index (κ1) is 46.7. The highest BCUT2D eigenvalue weighted by Gasteiger charge is 2.41. The number of benzene rings is 2. The van der Waals surface area contributed by atoms with E-state index in [4.69, 9.17) is 28.1 Å². The molecule has 2 aliphatic rings. The summed E-state index contributed by atoms with van der Waals surface area (Å²) in [6, 6.07) is 12.1. The van der Waals surface area contributed by atoms with Gasteiger partial charge in [0.2, 0.25) is 5.91 Å². The molecular formula is C29H38F2N4O2S15. The number of halogens is 2. The van der Waals surface area contributed by atoms with E-state index in [1.807, 2.05) is 11.0 Å². The molecule has 0 radical (unpaired) electrons. The number of amides is 3. The van der Waals surface area contributed by atoms with Gasteiger partial charge in [-0.25, -0.2) is 13.6 Å². The predicted molar refractivity (Wildman–Crippen MR) is 250 cm³/mol. The Balaban J connectivity index is 0.000000411. The van der Waals surface area contributed by atoms with Gasteiger partial charge in [-0.3, -0.25) is 9.69 Å². The molecule has 0 saturated carbocycles. The second-order valence-corrected chi connectivity index (χ2v) is 35.3. The van der Waals surface area contributed by atoms with Crippen molar-refractivity contribution in [1.29, 1.82) is 0 Å². The van der Waals surface area contributed by atoms with Crippen molar-refractivity contribution in [3.05, 3.63) is 71.3 Å². The van der Waals surface area contributed by atoms with E-state index >= 15 is 4.39 Å². The highest BCUT2D eigenvalue weighted by molar-refractivity contribution is 8.76. The fourth-order valence-corrected chi connectivity index (χ4v) is 36.0. The van der Waals surface area contributed by atoms with Crippen molar-refractivity contribution in [3.63, 3.8) is 0 Å². The lowest BCUT2D eigenvalue weighted by Crippen LogP contribution is -2.60. The predicted octanol–water partition coefficient (Wildman–Crippen LogP) is 4.76. The quantitative estimate of drug-likeness (QED) is 0.469. The third-order valence-electron chi connectivity index (χ3n) is 8.21. The van der Waals surface area contributed by atoms with Crippen molar-refractivity contribution in [3.8, 4) is 0 Å². The minimum absolute atomic E-state index is 0.0748. The Kier molecular flexibility index (Phi) is 22.9. The zero-order valence-electron chi connectivity index (χ0n) is 28.1. The molecule has 0 aliphatic carbocycles. The van der Waals surface area contributed by atoms with Crippen molar-refractivity contribution in [2.75, 3.05) is 32.7 Å². The Morgan fingerprint density at radius 3 is 1.79 bits per heavy atom. The first-order valence-electron chi connectivity index (χ1n) is 15.5. The van der Waals surface area contributed by atoms with Gasteiger partial charge in [0.25, 0.3) is 0 Å². The second-order valence-electron chi connectivity index (χ2n) is 12.3. The van der Waals surface area contributed by atoms with Crippen LogP contribution in [0.25, 0.3) is 0 Å². The van der Waals surface area contributed by atoms with Crippen LogP contribution in [0.2, 0.25) is 0 Å². The maximum atomic E-state index is 15.0. The maximum absolute atomic E-state index is 15.0. The van der Waals surface area contributed by atoms with E-state index in [9.17, 15) is 14.0 Å². The lowest BCUT2D eigenvalue weighted by atomic mass is 9.82. The average molecular weight is 994 g/mol. The normalized spacial score (nSPS) is 16.8. The summed E-state index contributed by atoms with van der Waals surface area (Å²) in [5.41, 5.74) is 6.56. The molecule has 290 valence electrons. The zero-order valence-corrected chi connectivity index (χ0v) is 40.4. The van der Waals surface area contributed by atoms with Gasteiger partial charge >= 0.3 is 6.03 Å². The number of piperidine rings is 1. The van der Waals surface area contributed by atoms with Crippen molar-refractivity contribution >= 4 is 150 Å². The molecule has 0 bridgehead atoms. The lowest BCUT2D eigenvalue weighted by molar-refractivity contribution is -0.141. The minimum Gasteiger partial charge on any atom is -0.351 e. The topological polar surface area (TPSA) is 69.9 Å². The van der Waals surface area contributed by atoms with Gasteiger partial charge in [0.05, 0.1) is 6.04 Å². The Hall–Kier alpha value is 0.300. The summed E-state index contributed by atoms with van der Waals surface area (Å²) in [5.74, 6) is -0.279. The Bertz CT molecular complexity index is 2070. The monoisotopic (exact) mass is 992 g/mol. The number of nitrogens with zero attached hydrogens (tertiary/aromatic N) is 3. The standard InChI is InChI=1S/C29H38F2N4O2.S15/c1-29(2,3)25-19-34(16-17-35(25)26(36)18-20-12-14-33(15-13-20)28(32)37)27(21-8-10-22(30)11-9-21)23-6-4-5-7-24(23)31;1-3-5-7-9-11-13-15-14-12-10-8-6-4-2/h4-11,20,25,27H,12-19H2,1-3H3,(H2,32,37);/t25-,27?;/m1./s1. The van der Waals surface area contributed by atoms with E-state index in [0.29, 0.717) is 44.7 Å². The Labute approximate surface area is 351 Å². The van der Waals surface area contributed by atoms with Gasteiger partial charge in [-0.1, -0.05) is 51.1 Å². The van der Waals surface area contributed by atoms with E-state index in [2.05, 4.69) is 25.7 Å². The number of carbonyl (C=O) groups excluding carboxylic acids is 2. The molecule has 0 aromatic heterocycles. The van der Waals surface area contributed by atoms with Gasteiger partial charge in [-0.15, -0.1) is 0 Å². The van der Waals surface area contributed by atoms with Gasteiger partial charge in [0.1, 0.15) is 11.6 Å². The molecule has 23 heteroatoms. The second kappa shape index (κ2) is 25.5. The number of hydrogen-bond acceptors (Lipinski definition) is 5. The van der Waals surface area contributed by atoms with E-state index in [1.54, 1.807) is 127 Å². The molecule has 4 rings (SSSR count). The van der Waals surface area contributed by atoms with E-state index in [0.717, 1.165) is 18.4 Å². The fourth-order valence-electron chi connectivity index (χ4n) is 5.85. The van der Waals surface area contributed by atoms with Crippen LogP contribution < -0.4 is 5.73 Å². The van der Waals surface area contributed by atoms with Crippen LogP contribution >= 0.6 is 0 Å². The number of likely N-dealkylation sites (tertiary alicyclic amines) is 1. The minimum atomic E-state index is -0.403. The van der Waals surface area contributed by atoms with Gasteiger partial charge in [-0.2, -0.15) is 0 Å². The van der Waals surface area contributed by atoms with Crippen LogP contribution in [-0.2, 0) is 143 Å². The van der Waals surface area contributed by atoms with Crippen LogP contribution in [0.1, 0.15) is 57.2 Å². The van der Waals surface area contributed by atoms with Gasteiger partial charge < -0.3 is 15.5 Å². The van der Waals surface area contributed by atoms with Crippen molar-refractivity contribution in [1.82, 2.24) is 14.7 Å². The van der Waals surface area contributed by atoms with Gasteiger partial charge in [-0.05, 0) is 47.9 Å². The smallest absolute Gasteiger partial charge is 0.314 e. The van der Waals surface area contributed by atoms with Crippen LogP contribution in [0.5, 0.6) is 0 Å². The number of piperazine rings is 1. The molecule has 6 nitrogen and oxygen atoms in total. The van der Waals surface area contributed by atoms with Crippen LogP contribution in [0.15, 0.2) is 48.5 Å². The maximum Gasteiger partial charge on any atom is 0.314 e. The van der Waals surface area contributed by atoms with Gasteiger partial charge in [0, 0.05) is 189 Å². The largest absolute Gasteiger partial charge is 0.351 e.